The van der Waals surface area contributed by atoms with E-state index in [2.05, 4.69) is 11.3 Å². The van der Waals surface area contributed by atoms with Gasteiger partial charge in [0.25, 0.3) is 0 Å². The van der Waals surface area contributed by atoms with Crippen LogP contribution in [0.1, 0.15) is 5.56 Å². The predicted molar refractivity (Wildman–Crippen MR) is 80.6 cm³/mol. The number of likely N-dealkylation sites (tertiary alicyclic amines) is 1. The Kier molecular flexibility index (Phi) is 5.99. The van der Waals surface area contributed by atoms with Gasteiger partial charge in [-0.2, -0.15) is 0 Å². The molecule has 1 aliphatic rings. The molecule has 0 radical (unpaired) electrons. The van der Waals surface area contributed by atoms with E-state index in [-0.39, 0.29) is 26.3 Å². The highest BCUT2D eigenvalue weighted by Gasteiger charge is 2.37. The van der Waals surface area contributed by atoms with E-state index in [0.717, 1.165) is 5.56 Å². The minimum Gasteiger partial charge on any atom is -0.445 e. The second-order valence-corrected chi connectivity index (χ2v) is 5.02. The van der Waals surface area contributed by atoms with Crippen LogP contribution in [0.25, 0.3) is 0 Å². The average molecular weight is 321 g/mol. The fourth-order valence-corrected chi connectivity index (χ4v) is 2.12. The van der Waals surface area contributed by atoms with Crippen molar-refractivity contribution in [1.29, 1.82) is 0 Å². The van der Waals surface area contributed by atoms with Crippen molar-refractivity contribution in [2.75, 3.05) is 19.7 Å². The van der Waals surface area contributed by atoms with Gasteiger partial charge in [0, 0.05) is 0 Å². The lowest BCUT2D eigenvalue weighted by Gasteiger charge is -2.16. The van der Waals surface area contributed by atoms with Crippen LogP contribution in [0.4, 0.5) is 9.59 Å². The number of amides is 1. The molecule has 2 atom stereocenters. The van der Waals surface area contributed by atoms with Crippen LogP contribution in [0.5, 0.6) is 0 Å². The Hall–Kier alpha value is -2.54. The van der Waals surface area contributed by atoms with Crippen molar-refractivity contribution < 1.29 is 28.9 Å². The van der Waals surface area contributed by atoms with E-state index in [4.69, 9.17) is 9.47 Å². The highest BCUT2D eigenvalue weighted by Crippen LogP contribution is 2.16. The maximum absolute atomic E-state index is 12.0. The Morgan fingerprint density at radius 2 is 2.00 bits per heavy atom. The molecule has 1 amide bonds. The van der Waals surface area contributed by atoms with Gasteiger partial charge >= 0.3 is 12.2 Å². The van der Waals surface area contributed by atoms with Crippen LogP contribution in [0.15, 0.2) is 43.0 Å². The van der Waals surface area contributed by atoms with E-state index in [1.807, 2.05) is 30.3 Å². The summed E-state index contributed by atoms with van der Waals surface area (Å²) in [6, 6.07) is 9.25. The van der Waals surface area contributed by atoms with Crippen LogP contribution < -0.4 is 0 Å². The maximum atomic E-state index is 12.0. The largest absolute Gasteiger partial charge is 0.509 e. The molecule has 0 aromatic heterocycles. The molecule has 7 nitrogen and oxygen atoms in total. The Morgan fingerprint density at radius 3 is 2.70 bits per heavy atom. The molecule has 0 aliphatic carbocycles. The van der Waals surface area contributed by atoms with Gasteiger partial charge in [0.15, 0.2) is 6.10 Å². The van der Waals surface area contributed by atoms with Gasteiger partial charge in [-0.3, -0.25) is 0 Å². The lowest BCUT2D eigenvalue weighted by Crippen LogP contribution is -2.31. The van der Waals surface area contributed by atoms with E-state index >= 15 is 0 Å². The lowest BCUT2D eigenvalue weighted by atomic mass is 10.2. The van der Waals surface area contributed by atoms with E-state index in [0.29, 0.717) is 0 Å². The number of nitrogens with zero attached hydrogens (tertiary/aromatic N) is 1. The predicted octanol–water partition coefficient (Wildman–Crippen LogP) is 1.71. The zero-order chi connectivity index (χ0) is 16.7. The molecule has 124 valence electrons. The Balaban J connectivity index is 1.79. The second-order valence-electron chi connectivity index (χ2n) is 5.02. The van der Waals surface area contributed by atoms with Gasteiger partial charge in [-0.05, 0) is 5.56 Å². The van der Waals surface area contributed by atoms with Crippen LogP contribution in [0.2, 0.25) is 0 Å². The third kappa shape index (κ3) is 5.00. The Bertz CT molecular complexity index is 547. The first-order valence-corrected chi connectivity index (χ1v) is 7.18. The SMILES string of the molecule is C=CCOC(=O)O[C@@H]1CN(C(=O)OCc2ccccc2)C[C@@H]1O. The second kappa shape index (κ2) is 8.19. The molecule has 1 heterocycles. The molecule has 23 heavy (non-hydrogen) atoms. The summed E-state index contributed by atoms with van der Waals surface area (Å²) in [5, 5.41) is 9.87. The van der Waals surface area contributed by atoms with Gasteiger partial charge in [-0.1, -0.05) is 43.0 Å². The number of benzene rings is 1. The summed E-state index contributed by atoms with van der Waals surface area (Å²) in [6.07, 6.45) is -1.89. The van der Waals surface area contributed by atoms with Crippen molar-refractivity contribution in [3.8, 4) is 0 Å². The minimum absolute atomic E-state index is 0.0183. The molecule has 1 saturated heterocycles. The van der Waals surface area contributed by atoms with Crippen molar-refractivity contribution in [1.82, 2.24) is 4.90 Å². The summed E-state index contributed by atoms with van der Waals surface area (Å²) in [5.41, 5.74) is 0.862. The summed E-state index contributed by atoms with van der Waals surface area (Å²) in [4.78, 5) is 24.6. The lowest BCUT2D eigenvalue weighted by molar-refractivity contribution is -0.00695. The quantitative estimate of drug-likeness (QED) is 0.656. The molecule has 0 saturated carbocycles. The van der Waals surface area contributed by atoms with Crippen molar-refractivity contribution in [3.05, 3.63) is 48.6 Å². The number of aliphatic hydroxyl groups is 1. The van der Waals surface area contributed by atoms with Gasteiger partial charge in [-0.25, -0.2) is 9.59 Å². The van der Waals surface area contributed by atoms with Crippen LogP contribution in [-0.2, 0) is 20.8 Å². The number of rotatable bonds is 5. The van der Waals surface area contributed by atoms with Crippen LogP contribution in [0, 0.1) is 0 Å². The van der Waals surface area contributed by atoms with Crippen LogP contribution >= 0.6 is 0 Å². The molecule has 7 heteroatoms. The van der Waals surface area contributed by atoms with Crippen LogP contribution in [-0.4, -0.2) is 54.2 Å². The highest BCUT2D eigenvalue weighted by atomic mass is 16.7. The standard InChI is InChI=1S/C16H19NO6/c1-2-8-21-16(20)23-14-10-17(9-13(14)18)15(19)22-11-12-6-4-3-5-7-12/h2-7,13-14,18H,1,8-11H2/t13-,14+/m0/s1. The molecule has 0 unspecified atom stereocenters. The van der Waals surface area contributed by atoms with Crippen molar-refractivity contribution in [2.24, 2.45) is 0 Å². The molecule has 1 aromatic rings. The number of aliphatic hydroxyl groups excluding tert-OH is 1. The first-order chi connectivity index (χ1) is 11.1. The van der Waals surface area contributed by atoms with Crippen molar-refractivity contribution >= 4 is 12.2 Å². The summed E-state index contributed by atoms with van der Waals surface area (Å²) in [7, 11) is 0. The van der Waals surface area contributed by atoms with Gasteiger partial charge in [0.2, 0.25) is 0 Å². The third-order valence-electron chi connectivity index (χ3n) is 3.27. The van der Waals surface area contributed by atoms with Gasteiger partial charge < -0.3 is 24.2 Å². The van der Waals surface area contributed by atoms with Gasteiger partial charge in [-0.15, -0.1) is 0 Å². The summed E-state index contributed by atoms with van der Waals surface area (Å²) in [5.74, 6) is 0. The summed E-state index contributed by atoms with van der Waals surface area (Å²) < 4.78 is 14.8. The molecule has 2 rings (SSSR count). The van der Waals surface area contributed by atoms with E-state index in [1.165, 1.54) is 11.0 Å². The smallest absolute Gasteiger partial charge is 0.445 e. The van der Waals surface area contributed by atoms with E-state index in [1.54, 1.807) is 0 Å². The van der Waals surface area contributed by atoms with E-state index < -0.39 is 24.5 Å². The Morgan fingerprint density at radius 1 is 1.26 bits per heavy atom. The van der Waals surface area contributed by atoms with Crippen molar-refractivity contribution in [2.45, 2.75) is 18.8 Å². The number of ether oxygens (including phenoxy) is 3. The molecular weight excluding hydrogens is 302 g/mol. The first-order valence-electron chi connectivity index (χ1n) is 7.18. The highest BCUT2D eigenvalue weighted by molar-refractivity contribution is 5.68. The number of carbonyl (C=O) groups excluding carboxylic acids is 2. The third-order valence-corrected chi connectivity index (χ3v) is 3.27. The fourth-order valence-electron chi connectivity index (χ4n) is 2.12. The zero-order valence-corrected chi connectivity index (χ0v) is 12.6. The summed E-state index contributed by atoms with van der Waals surface area (Å²) in [6.45, 7) is 3.65. The molecule has 0 bridgehead atoms. The van der Waals surface area contributed by atoms with Crippen LogP contribution in [0.3, 0.4) is 0 Å². The minimum atomic E-state index is -0.976. The zero-order valence-electron chi connectivity index (χ0n) is 12.6. The van der Waals surface area contributed by atoms with Gasteiger partial charge in [0.05, 0.1) is 13.1 Å². The number of β-amino-alcohol motifs (C(OH)–C–C–N with tert-alkyl or cyclic N) is 1. The fraction of sp³-hybridized carbons (Fsp3) is 0.375. The van der Waals surface area contributed by atoms with Crippen molar-refractivity contribution in [3.63, 3.8) is 0 Å². The maximum Gasteiger partial charge on any atom is 0.509 e. The molecule has 1 fully saturated rings. The van der Waals surface area contributed by atoms with E-state index in [9.17, 15) is 14.7 Å². The Labute approximate surface area is 134 Å². The normalized spacial score (nSPS) is 20.0. The monoisotopic (exact) mass is 321 g/mol. The first kappa shape index (κ1) is 16.8. The average Bonchev–Trinajstić information content (AvgIpc) is 2.92. The molecule has 1 aromatic carbocycles. The number of hydrogen-bond acceptors (Lipinski definition) is 6. The van der Waals surface area contributed by atoms with Gasteiger partial charge in [0.1, 0.15) is 19.3 Å². The number of carbonyl (C=O) groups is 2. The topological polar surface area (TPSA) is 85.3 Å². The number of hydrogen-bond donors (Lipinski definition) is 1. The molecule has 0 spiro atoms. The molecule has 1 aliphatic heterocycles. The molecule has 1 N–H and O–H groups in total. The molecular formula is C16H19NO6. The summed E-state index contributed by atoms with van der Waals surface area (Å²) >= 11 is 0.